The third kappa shape index (κ3) is 3.59. The SMILES string of the molecule is O=C(NC1CCCCC1)C1c2ccccc2C(=O)N1Cc1ccc(F)cc1. The molecule has 4 nitrogen and oxygen atoms in total. The Bertz CT molecular complexity index is 844. The van der Waals surface area contributed by atoms with Gasteiger partial charge < -0.3 is 10.2 Å². The summed E-state index contributed by atoms with van der Waals surface area (Å²) in [4.78, 5) is 27.7. The van der Waals surface area contributed by atoms with Gasteiger partial charge in [0, 0.05) is 18.2 Å². The highest BCUT2D eigenvalue weighted by Gasteiger charge is 2.41. The molecule has 0 radical (unpaired) electrons. The van der Waals surface area contributed by atoms with E-state index >= 15 is 0 Å². The first-order chi connectivity index (χ1) is 13.1. The maximum absolute atomic E-state index is 13.2. The number of carbonyl (C=O) groups excluding carboxylic acids is 2. The summed E-state index contributed by atoms with van der Waals surface area (Å²) in [7, 11) is 0. The predicted molar refractivity (Wildman–Crippen MR) is 100 cm³/mol. The van der Waals surface area contributed by atoms with Crippen LogP contribution in [-0.4, -0.2) is 22.8 Å². The molecule has 2 aliphatic rings. The molecule has 1 heterocycles. The molecule has 0 bridgehead atoms. The first-order valence-corrected chi connectivity index (χ1v) is 9.58. The third-order valence-corrected chi connectivity index (χ3v) is 5.52. The minimum atomic E-state index is -0.638. The molecular weight excluding hydrogens is 343 g/mol. The number of carbonyl (C=O) groups is 2. The Kier molecular flexibility index (Phi) is 4.92. The largest absolute Gasteiger partial charge is 0.351 e. The lowest BCUT2D eigenvalue weighted by atomic mass is 9.95. The Morgan fingerprint density at radius 3 is 2.48 bits per heavy atom. The average molecular weight is 366 g/mol. The number of halogens is 1. The number of nitrogens with zero attached hydrogens (tertiary/aromatic N) is 1. The van der Waals surface area contributed by atoms with E-state index in [-0.39, 0.29) is 30.2 Å². The molecule has 27 heavy (non-hydrogen) atoms. The van der Waals surface area contributed by atoms with E-state index in [2.05, 4.69) is 5.32 Å². The quantitative estimate of drug-likeness (QED) is 0.890. The molecule has 140 valence electrons. The molecule has 1 aliphatic heterocycles. The number of amides is 2. The smallest absolute Gasteiger partial charge is 0.255 e. The Hall–Kier alpha value is -2.69. The number of nitrogens with one attached hydrogen (secondary N) is 1. The number of fused-ring (bicyclic) bond motifs is 1. The summed E-state index contributed by atoms with van der Waals surface area (Å²) >= 11 is 0. The molecule has 1 aliphatic carbocycles. The highest BCUT2D eigenvalue weighted by atomic mass is 19.1. The standard InChI is InChI=1S/C22H23FN2O2/c23-16-12-10-15(11-13-16)14-25-20(18-8-4-5-9-19(18)22(25)27)21(26)24-17-6-2-1-3-7-17/h4-5,8-13,17,20H,1-3,6-7,14H2,(H,24,26). The van der Waals surface area contributed by atoms with Gasteiger partial charge in [-0.3, -0.25) is 9.59 Å². The minimum absolute atomic E-state index is 0.123. The predicted octanol–water partition coefficient (Wildman–Crippen LogP) is 3.97. The van der Waals surface area contributed by atoms with Crippen LogP contribution in [0.1, 0.15) is 59.6 Å². The van der Waals surface area contributed by atoms with Gasteiger partial charge in [-0.2, -0.15) is 0 Å². The molecule has 0 saturated heterocycles. The number of benzene rings is 2. The van der Waals surface area contributed by atoms with Crippen LogP contribution in [0, 0.1) is 5.82 Å². The summed E-state index contributed by atoms with van der Waals surface area (Å²) in [6.07, 6.45) is 5.46. The van der Waals surface area contributed by atoms with Crippen LogP contribution >= 0.6 is 0 Å². The molecule has 2 amide bonds. The van der Waals surface area contributed by atoms with Gasteiger partial charge in [-0.15, -0.1) is 0 Å². The topological polar surface area (TPSA) is 49.4 Å². The van der Waals surface area contributed by atoms with Crippen molar-refractivity contribution >= 4 is 11.8 Å². The Morgan fingerprint density at radius 2 is 1.74 bits per heavy atom. The summed E-state index contributed by atoms with van der Waals surface area (Å²) in [6, 6.07) is 12.9. The summed E-state index contributed by atoms with van der Waals surface area (Å²) < 4.78 is 13.2. The van der Waals surface area contributed by atoms with Crippen LogP contribution in [0.2, 0.25) is 0 Å². The second-order valence-corrected chi connectivity index (χ2v) is 7.39. The molecule has 4 rings (SSSR count). The maximum atomic E-state index is 13.2. The zero-order valence-electron chi connectivity index (χ0n) is 15.2. The number of hydrogen-bond acceptors (Lipinski definition) is 2. The van der Waals surface area contributed by atoms with E-state index in [1.807, 2.05) is 18.2 Å². The molecule has 1 saturated carbocycles. The Morgan fingerprint density at radius 1 is 1.04 bits per heavy atom. The van der Waals surface area contributed by atoms with E-state index in [1.165, 1.54) is 18.6 Å². The molecule has 0 spiro atoms. The van der Waals surface area contributed by atoms with E-state index in [0.29, 0.717) is 5.56 Å². The van der Waals surface area contributed by atoms with Crippen molar-refractivity contribution in [3.05, 3.63) is 71.0 Å². The highest BCUT2D eigenvalue weighted by molar-refractivity contribution is 6.04. The van der Waals surface area contributed by atoms with Crippen molar-refractivity contribution < 1.29 is 14.0 Å². The maximum Gasteiger partial charge on any atom is 0.255 e. The fraction of sp³-hybridized carbons (Fsp3) is 0.364. The summed E-state index contributed by atoms with van der Waals surface area (Å²) in [6.45, 7) is 0.274. The average Bonchev–Trinajstić information content (AvgIpc) is 2.97. The van der Waals surface area contributed by atoms with Crippen molar-refractivity contribution in [2.45, 2.75) is 50.7 Å². The fourth-order valence-corrected chi connectivity index (χ4v) is 4.13. The second-order valence-electron chi connectivity index (χ2n) is 7.39. The van der Waals surface area contributed by atoms with Gasteiger partial charge in [0.05, 0.1) is 0 Å². The first kappa shape index (κ1) is 17.7. The number of rotatable bonds is 4. The highest BCUT2D eigenvalue weighted by Crippen LogP contribution is 2.35. The van der Waals surface area contributed by atoms with Crippen LogP contribution in [0.15, 0.2) is 48.5 Å². The normalized spacial score (nSPS) is 19.8. The van der Waals surface area contributed by atoms with Crippen molar-refractivity contribution in [2.75, 3.05) is 0 Å². The summed E-state index contributed by atoms with van der Waals surface area (Å²) in [5.74, 6) is -0.595. The molecule has 2 aromatic carbocycles. The Labute approximate surface area is 158 Å². The second kappa shape index (κ2) is 7.51. The van der Waals surface area contributed by atoms with Crippen molar-refractivity contribution in [3.63, 3.8) is 0 Å². The van der Waals surface area contributed by atoms with Crippen LogP contribution in [0.5, 0.6) is 0 Å². The van der Waals surface area contributed by atoms with Crippen LogP contribution < -0.4 is 5.32 Å². The monoisotopic (exact) mass is 366 g/mol. The van der Waals surface area contributed by atoms with Crippen molar-refractivity contribution in [2.24, 2.45) is 0 Å². The minimum Gasteiger partial charge on any atom is -0.351 e. The molecular formula is C22H23FN2O2. The molecule has 0 aromatic heterocycles. The van der Waals surface area contributed by atoms with E-state index in [4.69, 9.17) is 0 Å². The first-order valence-electron chi connectivity index (χ1n) is 9.58. The van der Waals surface area contributed by atoms with Gasteiger partial charge in [0.25, 0.3) is 5.91 Å². The lowest BCUT2D eigenvalue weighted by molar-refractivity contribution is -0.126. The van der Waals surface area contributed by atoms with E-state index in [9.17, 15) is 14.0 Å². The summed E-state index contributed by atoms with van der Waals surface area (Å²) in [5.41, 5.74) is 2.12. The van der Waals surface area contributed by atoms with E-state index in [1.54, 1.807) is 23.1 Å². The van der Waals surface area contributed by atoms with Gasteiger partial charge in [-0.1, -0.05) is 49.6 Å². The van der Waals surface area contributed by atoms with E-state index in [0.717, 1.165) is 36.8 Å². The van der Waals surface area contributed by atoms with Gasteiger partial charge in [0.1, 0.15) is 11.9 Å². The zero-order valence-corrected chi connectivity index (χ0v) is 15.2. The van der Waals surface area contributed by atoms with Crippen molar-refractivity contribution in [3.8, 4) is 0 Å². The van der Waals surface area contributed by atoms with Crippen molar-refractivity contribution in [1.82, 2.24) is 10.2 Å². The van der Waals surface area contributed by atoms with Gasteiger partial charge in [0.2, 0.25) is 5.91 Å². The van der Waals surface area contributed by atoms with Gasteiger partial charge in [-0.05, 0) is 42.2 Å². The van der Waals surface area contributed by atoms with Gasteiger partial charge >= 0.3 is 0 Å². The molecule has 1 atom stereocenters. The lowest BCUT2D eigenvalue weighted by Gasteiger charge is -2.28. The molecule has 2 aromatic rings. The summed E-state index contributed by atoms with van der Waals surface area (Å²) in [5, 5.41) is 3.15. The molecule has 5 heteroatoms. The van der Waals surface area contributed by atoms with Crippen molar-refractivity contribution in [1.29, 1.82) is 0 Å². The third-order valence-electron chi connectivity index (χ3n) is 5.52. The zero-order chi connectivity index (χ0) is 18.8. The van der Waals surface area contributed by atoms with E-state index < -0.39 is 6.04 Å². The fourth-order valence-electron chi connectivity index (χ4n) is 4.13. The van der Waals surface area contributed by atoms with Crippen LogP contribution in [0.4, 0.5) is 4.39 Å². The Balaban J connectivity index is 1.60. The molecule has 1 N–H and O–H groups in total. The molecule has 1 unspecified atom stereocenters. The van der Waals surface area contributed by atoms with Gasteiger partial charge in [0.15, 0.2) is 0 Å². The molecule has 1 fully saturated rings. The van der Waals surface area contributed by atoms with Crippen LogP contribution in [0.3, 0.4) is 0 Å². The number of hydrogen-bond donors (Lipinski definition) is 1. The van der Waals surface area contributed by atoms with Gasteiger partial charge in [-0.25, -0.2) is 4.39 Å². The lowest BCUT2D eigenvalue weighted by Crippen LogP contribution is -2.43. The van der Waals surface area contributed by atoms with Crippen LogP contribution in [0.25, 0.3) is 0 Å². The van der Waals surface area contributed by atoms with Crippen LogP contribution in [-0.2, 0) is 11.3 Å².